The van der Waals surface area contributed by atoms with Gasteiger partial charge < -0.3 is 5.32 Å². The molecule has 0 aliphatic carbocycles. The zero-order valence-corrected chi connectivity index (χ0v) is 17.9. The van der Waals surface area contributed by atoms with Crippen LogP contribution in [0.3, 0.4) is 0 Å². The number of hydrogen-bond donors (Lipinski definition) is 1. The molecule has 1 amide bonds. The second-order valence-corrected chi connectivity index (χ2v) is 8.83. The number of carbonyl (C=O) groups is 2. The maximum Gasteiger partial charge on any atom is 0.269 e. The second kappa shape index (κ2) is 9.00. The number of rotatable bonds is 5. The molecule has 154 valence electrons. The topological polar surface area (TPSA) is 81.1 Å². The van der Waals surface area contributed by atoms with Gasteiger partial charge in [-0.05, 0) is 30.3 Å². The van der Waals surface area contributed by atoms with E-state index in [0.717, 1.165) is 0 Å². The first-order valence-electron chi connectivity index (χ1n) is 9.47. The van der Waals surface area contributed by atoms with Gasteiger partial charge in [-0.1, -0.05) is 45.0 Å². The molecule has 30 heavy (non-hydrogen) atoms. The SMILES string of the molecule is CC(C)(C)C(=O)/C=c1\s/c(=C\c2ccccn2)c(=O)n1CC(=O)Nc1ccccc1. The zero-order chi connectivity index (χ0) is 21.7. The molecule has 0 atom stereocenters. The fourth-order valence-corrected chi connectivity index (χ4v) is 3.61. The summed E-state index contributed by atoms with van der Waals surface area (Å²) in [6, 6.07) is 14.4. The first-order valence-corrected chi connectivity index (χ1v) is 10.3. The fraction of sp³-hybridized carbons (Fsp3) is 0.217. The molecule has 0 saturated heterocycles. The normalized spacial score (nSPS) is 12.8. The number of pyridine rings is 1. The first-order chi connectivity index (χ1) is 14.2. The quantitative estimate of drug-likeness (QED) is 0.685. The predicted octanol–water partition coefficient (Wildman–Crippen LogP) is 2.17. The van der Waals surface area contributed by atoms with Gasteiger partial charge >= 0.3 is 0 Å². The number of nitrogens with zero attached hydrogens (tertiary/aromatic N) is 2. The van der Waals surface area contributed by atoms with Gasteiger partial charge in [0.25, 0.3) is 5.56 Å². The smallest absolute Gasteiger partial charge is 0.269 e. The maximum absolute atomic E-state index is 13.0. The van der Waals surface area contributed by atoms with Gasteiger partial charge in [-0.15, -0.1) is 11.3 Å². The van der Waals surface area contributed by atoms with Gasteiger partial charge in [0.05, 0.1) is 10.2 Å². The van der Waals surface area contributed by atoms with E-state index in [1.807, 2.05) is 45.0 Å². The van der Waals surface area contributed by atoms with E-state index in [-0.39, 0.29) is 23.8 Å². The van der Waals surface area contributed by atoms with Crippen LogP contribution in [0, 0.1) is 5.41 Å². The van der Waals surface area contributed by atoms with Crippen molar-refractivity contribution in [2.24, 2.45) is 5.41 Å². The van der Waals surface area contributed by atoms with Crippen molar-refractivity contribution in [1.29, 1.82) is 0 Å². The summed E-state index contributed by atoms with van der Waals surface area (Å²) in [5.74, 6) is -0.464. The Morgan fingerprint density at radius 1 is 1.10 bits per heavy atom. The molecule has 3 rings (SSSR count). The highest BCUT2D eigenvalue weighted by molar-refractivity contribution is 7.07. The van der Waals surface area contributed by atoms with Crippen molar-refractivity contribution >= 4 is 40.9 Å². The fourth-order valence-electron chi connectivity index (χ4n) is 2.58. The molecule has 1 N–H and O–H groups in total. The lowest BCUT2D eigenvalue weighted by Gasteiger charge is -2.13. The highest BCUT2D eigenvalue weighted by atomic mass is 32.1. The molecule has 0 aliphatic rings. The van der Waals surface area contributed by atoms with Crippen LogP contribution in [0.15, 0.2) is 59.5 Å². The van der Waals surface area contributed by atoms with Crippen molar-refractivity contribution in [2.45, 2.75) is 27.3 Å². The Balaban J connectivity index is 2.04. The first kappa shape index (κ1) is 21.4. The minimum Gasteiger partial charge on any atom is -0.325 e. The van der Waals surface area contributed by atoms with E-state index < -0.39 is 5.41 Å². The molecule has 0 saturated carbocycles. The number of hydrogen-bond acceptors (Lipinski definition) is 5. The number of benzene rings is 1. The standard InChI is InChI=1S/C23H23N3O3S/c1-23(2,3)19(27)14-21-26(15-20(28)25-16-9-5-4-6-10-16)22(29)18(30-21)13-17-11-7-8-12-24-17/h4-14H,15H2,1-3H3,(H,25,28)/b18-13-,21-14-. The van der Waals surface area contributed by atoms with Gasteiger partial charge in [0, 0.05) is 23.4 Å². The Morgan fingerprint density at radius 3 is 2.43 bits per heavy atom. The molecule has 1 aromatic carbocycles. The summed E-state index contributed by atoms with van der Waals surface area (Å²) in [5.41, 5.74) is 0.344. The van der Waals surface area contributed by atoms with Crippen LogP contribution < -0.4 is 20.1 Å². The molecule has 0 aliphatic heterocycles. The summed E-state index contributed by atoms with van der Waals surface area (Å²) in [6.45, 7) is 5.24. The van der Waals surface area contributed by atoms with Gasteiger partial charge in [-0.25, -0.2) is 0 Å². The minimum atomic E-state index is -0.595. The lowest BCUT2D eigenvalue weighted by atomic mass is 9.91. The van der Waals surface area contributed by atoms with Crippen molar-refractivity contribution in [2.75, 3.05) is 5.32 Å². The third kappa shape index (κ3) is 5.39. The van der Waals surface area contributed by atoms with Gasteiger partial charge in [0.1, 0.15) is 11.2 Å². The monoisotopic (exact) mass is 421 g/mol. The second-order valence-electron chi connectivity index (χ2n) is 7.77. The molecule has 2 aromatic heterocycles. The number of anilines is 1. The van der Waals surface area contributed by atoms with E-state index in [1.165, 1.54) is 22.0 Å². The Morgan fingerprint density at radius 2 is 1.80 bits per heavy atom. The van der Waals surface area contributed by atoms with Crippen LogP contribution in [0.2, 0.25) is 0 Å². The lowest BCUT2D eigenvalue weighted by Crippen LogP contribution is -2.36. The summed E-state index contributed by atoms with van der Waals surface area (Å²) in [4.78, 5) is 42.3. The zero-order valence-electron chi connectivity index (χ0n) is 17.1. The number of carbonyl (C=O) groups excluding carboxylic acids is 2. The minimum absolute atomic E-state index is 0.120. The molecule has 7 heteroatoms. The van der Waals surface area contributed by atoms with Crippen molar-refractivity contribution in [3.05, 3.63) is 80.0 Å². The van der Waals surface area contributed by atoms with Crippen molar-refractivity contribution in [3.8, 4) is 0 Å². The van der Waals surface area contributed by atoms with Crippen molar-refractivity contribution < 1.29 is 9.59 Å². The number of aromatic nitrogens is 2. The van der Waals surface area contributed by atoms with E-state index >= 15 is 0 Å². The Bertz CT molecular complexity index is 1220. The summed E-state index contributed by atoms with van der Waals surface area (Å²) in [6.07, 6.45) is 4.75. The number of thiazole rings is 1. The summed E-state index contributed by atoms with van der Waals surface area (Å²) in [7, 11) is 0. The van der Waals surface area contributed by atoms with Crippen LogP contribution >= 0.6 is 11.3 Å². The van der Waals surface area contributed by atoms with Gasteiger partial charge in [-0.3, -0.25) is 23.9 Å². The number of para-hydroxylation sites is 1. The van der Waals surface area contributed by atoms with E-state index in [1.54, 1.807) is 36.5 Å². The number of ketones is 1. The van der Waals surface area contributed by atoms with Crippen LogP contribution in [0.4, 0.5) is 5.69 Å². The molecule has 0 bridgehead atoms. The lowest BCUT2D eigenvalue weighted by molar-refractivity contribution is -0.120. The van der Waals surface area contributed by atoms with Gasteiger partial charge in [-0.2, -0.15) is 0 Å². The number of nitrogens with one attached hydrogen (secondary N) is 1. The van der Waals surface area contributed by atoms with Crippen LogP contribution in [-0.4, -0.2) is 21.2 Å². The molecule has 2 heterocycles. The van der Waals surface area contributed by atoms with E-state index in [9.17, 15) is 14.4 Å². The van der Waals surface area contributed by atoms with Crippen molar-refractivity contribution in [1.82, 2.24) is 9.55 Å². The van der Waals surface area contributed by atoms with Gasteiger partial charge in [0.15, 0.2) is 5.78 Å². The van der Waals surface area contributed by atoms with Crippen molar-refractivity contribution in [3.63, 3.8) is 0 Å². The third-order valence-electron chi connectivity index (χ3n) is 4.26. The van der Waals surface area contributed by atoms with Crippen LogP contribution in [0.1, 0.15) is 26.5 Å². The molecule has 0 unspecified atom stereocenters. The Hall–Kier alpha value is -3.32. The predicted molar refractivity (Wildman–Crippen MR) is 120 cm³/mol. The molecule has 3 aromatic rings. The summed E-state index contributed by atoms with van der Waals surface area (Å²) < 4.78 is 2.18. The van der Waals surface area contributed by atoms with Crippen LogP contribution in [-0.2, 0) is 16.1 Å². The molecular weight excluding hydrogens is 398 g/mol. The molecule has 6 nitrogen and oxygen atoms in total. The average molecular weight is 422 g/mol. The van der Waals surface area contributed by atoms with E-state index in [2.05, 4.69) is 10.3 Å². The summed E-state index contributed by atoms with van der Waals surface area (Å²) >= 11 is 1.17. The Labute approximate surface area is 178 Å². The largest absolute Gasteiger partial charge is 0.325 e. The molecule has 0 fully saturated rings. The van der Waals surface area contributed by atoms with E-state index in [4.69, 9.17) is 0 Å². The highest BCUT2D eigenvalue weighted by Crippen LogP contribution is 2.14. The third-order valence-corrected chi connectivity index (χ3v) is 5.32. The molecule has 0 radical (unpaired) electrons. The number of amides is 1. The molecule has 0 spiro atoms. The highest BCUT2D eigenvalue weighted by Gasteiger charge is 2.20. The van der Waals surface area contributed by atoms with Crippen LogP contribution in [0.25, 0.3) is 12.2 Å². The Kier molecular flexibility index (Phi) is 6.42. The number of Topliss-reactive ketones (excluding diaryl/α,β-unsaturated/α-hetero) is 1. The average Bonchev–Trinajstić information content (AvgIpc) is 2.97. The molecular formula is C23H23N3O3S. The van der Waals surface area contributed by atoms with E-state index in [0.29, 0.717) is 20.6 Å². The summed E-state index contributed by atoms with van der Waals surface area (Å²) in [5, 5.41) is 2.77. The van der Waals surface area contributed by atoms with Gasteiger partial charge in [0.2, 0.25) is 5.91 Å². The van der Waals surface area contributed by atoms with Crippen LogP contribution in [0.5, 0.6) is 0 Å². The maximum atomic E-state index is 13.0.